The molecular formula is C21H21NO2S. The minimum absolute atomic E-state index is 0.189. The Morgan fingerprint density at radius 3 is 2.32 bits per heavy atom. The van der Waals surface area contributed by atoms with Crippen LogP contribution < -0.4 is 0 Å². The van der Waals surface area contributed by atoms with E-state index in [0.29, 0.717) is 23.8 Å². The second kappa shape index (κ2) is 7.70. The van der Waals surface area contributed by atoms with Crippen LogP contribution in [0.25, 0.3) is 6.08 Å². The van der Waals surface area contributed by atoms with E-state index in [4.69, 9.17) is 0 Å². The molecule has 0 aliphatic carbocycles. The second-order valence-corrected chi connectivity index (χ2v) is 7.38. The number of amides is 2. The van der Waals surface area contributed by atoms with Crippen molar-refractivity contribution in [3.8, 4) is 0 Å². The molecule has 128 valence electrons. The Hall–Kier alpha value is -2.33. The van der Waals surface area contributed by atoms with E-state index >= 15 is 0 Å². The molecule has 1 aliphatic rings. The van der Waals surface area contributed by atoms with Crippen molar-refractivity contribution in [2.45, 2.75) is 26.2 Å². The third kappa shape index (κ3) is 4.20. The van der Waals surface area contributed by atoms with Crippen LogP contribution >= 0.6 is 11.8 Å². The van der Waals surface area contributed by atoms with Crippen molar-refractivity contribution in [1.82, 2.24) is 4.90 Å². The zero-order valence-corrected chi connectivity index (χ0v) is 15.3. The molecule has 0 saturated carbocycles. The van der Waals surface area contributed by atoms with Crippen LogP contribution in [0.15, 0.2) is 59.5 Å². The van der Waals surface area contributed by atoms with Crippen molar-refractivity contribution in [3.05, 3.63) is 76.2 Å². The molecule has 1 heterocycles. The number of hydrogen-bond acceptors (Lipinski definition) is 3. The van der Waals surface area contributed by atoms with Crippen molar-refractivity contribution < 1.29 is 9.59 Å². The van der Waals surface area contributed by atoms with Gasteiger partial charge in [-0.15, -0.1) is 0 Å². The van der Waals surface area contributed by atoms with Gasteiger partial charge in [0.05, 0.1) is 4.91 Å². The molecule has 0 bridgehead atoms. The first-order valence-electron chi connectivity index (χ1n) is 8.44. The summed E-state index contributed by atoms with van der Waals surface area (Å²) in [6.07, 6.45) is 2.48. The minimum Gasteiger partial charge on any atom is -0.268 e. The summed E-state index contributed by atoms with van der Waals surface area (Å²) in [6.45, 7) is 4.71. The van der Waals surface area contributed by atoms with Gasteiger partial charge in [0, 0.05) is 6.54 Å². The van der Waals surface area contributed by atoms with Crippen LogP contribution in [0.4, 0.5) is 4.79 Å². The van der Waals surface area contributed by atoms with Crippen molar-refractivity contribution in [1.29, 1.82) is 0 Å². The van der Waals surface area contributed by atoms with Gasteiger partial charge in [-0.05, 0) is 46.9 Å². The highest BCUT2D eigenvalue weighted by atomic mass is 32.2. The Morgan fingerprint density at radius 2 is 1.68 bits per heavy atom. The summed E-state index contributed by atoms with van der Waals surface area (Å²) in [5, 5.41) is -0.189. The molecule has 25 heavy (non-hydrogen) atoms. The quantitative estimate of drug-likeness (QED) is 0.704. The largest absolute Gasteiger partial charge is 0.293 e. The molecule has 0 atom stereocenters. The van der Waals surface area contributed by atoms with Crippen LogP contribution in [-0.2, 0) is 11.2 Å². The van der Waals surface area contributed by atoms with E-state index in [1.807, 2.05) is 42.5 Å². The topological polar surface area (TPSA) is 37.4 Å². The van der Waals surface area contributed by atoms with Crippen LogP contribution in [0.1, 0.15) is 36.5 Å². The number of nitrogens with zero attached hydrogens (tertiary/aromatic N) is 1. The molecule has 4 heteroatoms. The maximum absolute atomic E-state index is 12.5. The van der Waals surface area contributed by atoms with Crippen molar-refractivity contribution in [2.24, 2.45) is 0 Å². The van der Waals surface area contributed by atoms with E-state index in [9.17, 15) is 9.59 Å². The molecule has 0 aromatic heterocycles. The van der Waals surface area contributed by atoms with E-state index in [1.165, 1.54) is 10.5 Å². The zero-order chi connectivity index (χ0) is 17.8. The number of rotatable bonds is 5. The first kappa shape index (κ1) is 17.5. The lowest BCUT2D eigenvalue weighted by Crippen LogP contribution is -2.30. The summed E-state index contributed by atoms with van der Waals surface area (Å²) in [6, 6.07) is 18.0. The average Bonchev–Trinajstić information content (AvgIpc) is 2.88. The van der Waals surface area contributed by atoms with Crippen LogP contribution in [0, 0.1) is 0 Å². The van der Waals surface area contributed by atoms with Gasteiger partial charge >= 0.3 is 0 Å². The van der Waals surface area contributed by atoms with Crippen molar-refractivity contribution in [2.75, 3.05) is 6.54 Å². The van der Waals surface area contributed by atoms with E-state index in [-0.39, 0.29) is 11.1 Å². The van der Waals surface area contributed by atoms with Crippen LogP contribution in [0.2, 0.25) is 0 Å². The summed E-state index contributed by atoms with van der Waals surface area (Å²) in [7, 11) is 0. The lowest BCUT2D eigenvalue weighted by molar-refractivity contribution is -0.122. The predicted octanol–water partition coefficient (Wildman–Crippen LogP) is 5.09. The maximum Gasteiger partial charge on any atom is 0.293 e. The molecule has 1 fully saturated rings. The summed E-state index contributed by atoms with van der Waals surface area (Å²) in [5.74, 6) is 0.276. The Balaban J connectivity index is 1.69. The molecule has 0 spiro atoms. The summed E-state index contributed by atoms with van der Waals surface area (Å²) in [4.78, 5) is 26.5. The lowest BCUT2D eigenvalue weighted by atomic mass is 10.0. The molecule has 0 unspecified atom stereocenters. The predicted molar refractivity (Wildman–Crippen MR) is 103 cm³/mol. The molecule has 2 aromatic rings. The molecule has 3 rings (SSSR count). The van der Waals surface area contributed by atoms with Gasteiger partial charge in [0.1, 0.15) is 0 Å². The first-order valence-corrected chi connectivity index (χ1v) is 9.25. The van der Waals surface area contributed by atoms with Gasteiger partial charge in [0.25, 0.3) is 11.1 Å². The monoisotopic (exact) mass is 351 g/mol. The van der Waals surface area contributed by atoms with Crippen LogP contribution in [-0.4, -0.2) is 22.6 Å². The summed E-state index contributed by atoms with van der Waals surface area (Å²) < 4.78 is 0. The van der Waals surface area contributed by atoms with Gasteiger partial charge in [-0.3, -0.25) is 14.5 Å². The van der Waals surface area contributed by atoms with Gasteiger partial charge in [-0.1, -0.05) is 68.4 Å². The SMILES string of the molecule is CC(C)c1ccc(/C=C2\SC(=O)N(CCc3ccccc3)C2=O)cc1. The highest BCUT2D eigenvalue weighted by Gasteiger charge is 2.34. The fourth-order valence-electron chi connectivity index (χ4n) is 2.71. The third-order valence-electron chi connectivity index (χ3n) is 4.24. The number of benzene rings is 2. The van der Waals surface area contributed by atoms with E-state index in [1.54, 1.807) is 6.08 Å². The van der Waals surface area contributed by atoms with Gasteiger partial charge < -0.3 is 0 Å². The lowest BCUT2D eigenvalue weighted by Gasteiger charge is -2.12. The van der Waals surface area contributed by atoms with E-state index < -0.39 is 0 Å². The first-order chi connectivity index (χ1) is 12.0. The van der Waals surface area contributed by atoms with Crippen molar-refractivity contribution in [3.63, 3.8) is 0 Å². The second-order valence-electron chi connectivity index (χ2n) is 6.39. The summed E-state index contributed by atoms with van der Waals surface area (Å²) in [5.41, 5.74) is 3.32. The van der Waals surface area contributed by atoms with Gasteiger partial charge in [-0.25, -0.2) is 0 Å². The van der Waals surface area contributed by atoms with E-state index in [2.05, 4.69) is 26.0 Å². The van der Waals surface area contributed by atoms with Crippen molar-refractivity contribution >= 4 is 29.0 Å². The number of carbonyl (C=O) groups is 2. The number of carbonyl (C=O) groups excluding carboxylic acids is 2. The normalized spacial score (nSPS) is 16.3. The van der Waals surface area contributed by atoms with E-state index in [0.717, 1.165) is 22.9 Å². The average molecular weight is 351 g/mol. The molecule has 3 nitrogen and oxygen atoms in total. The molecule has 2 aromatic carbocycles. The fourth-order valence-corrected chi connectivity index (χ4v) is 3.57. The van der Waals surface area contributed by atoms with Gasteiger partial charge in [0.15, 0.2) is 0 Å². The molecular weight excluding hydrogens is 330 g/mol. The Labute approximate surface area is 152 Å². The maximum atomic E-state index is 12.5. The number of hydrogen-bond donors (Lipinski definition) is 0. The minimum atomic E-state index is -0.195. The molecule has 0 N–H and O–H groups in total. The number of imide groups is 1. The highest BCUT2D eigenvalue weighted by Crippen LogP contribution is 2.32. The molecule has 1 aliphatic heterocycles. The highest BCUT2D eigenvalue weighted by molar-refractivity contribution is 8.18. The van der Waals surface area contributed by atoms with Gasteiger partial charge in [-0.2, -0.15) is 0 Å². The zero-order valence-electron chi connectivity index (χ0n) is 14.4. The number of thioether (sulfide) groups is 1. The third-order valence-corrected chi connectivity index (χ3v) is 5.15. The van der Waals surface area contributed by atoms with Crippen LogP contribution in [0.3, 0.4) is 0 Å². The fraction of sp³-hybridized carbons (Fsp3) is 0.238. The Bertz CT molecular complexity index is 794. The molecule has 1 saturated heterocycles. The van der Waals surface area contributed by atoms with Crippen LogP contribution in [0.5, 0.6) is 0 Å². The molecule has 0 radical (unpaired) electrons. The standard InChI is InChI=1S/C21H21NO2S/c1-15(2)18-10-8-17(9-11-18)14-19-20(23)22(21(24)25-19)13-12-16-6-4-3-5-7-16/h3-11,14-15H,12-13H2,1-2H3/b19-14-. The summed E-state index contributed by atoms with van der Waals surface area (Å²) >= 11 is 1.02. The Kier molecular flexibility index (Phi) is 5.39. The Morgan fingerprint density at radius 1 is 1.00 bits per heavy atom. The smallest absolute Gasteiger partial charge is 0.268 e. The van der Waals surface area contributed by atoms with Gasteiger partial charge in [0.2, 0.25) is 0 Å². The molecule has 2 amide bonds.